The molecular formula is C12H15N3O3. The number of ether oxygens (including phenoxy) is 1. The summed E-state index contributed by atoms with van der Waals surface area (Å²) in [6.07, 6.45) is 1.22. The van der Waals surface area contributed by atoms with Crippen LogP contribution in [0, 0.1) is 0 Å². The van der Waals surface area contributed by atoms with Crippen LogP contribution >= 0.6 is 0 Å². The lowest BCUT2D eigenvalue weighted by molar-refractivity contribution is -0.126. The fraction of sp³-hybridized carbons (Fsp3) is 0.417. The number of carbonyl (C=O) groups excluding carboxylic acids is 2. The largest absolute Gasteiger partial charge is 0.365 e. The Balaban J connectivity index is 2.03. The highest BCUT2D eigenvalue weighted by Gasteiger charge is 2.28. The average Bonchev–Trinajstić information content (AvgIpc) is 2.76. The Kier molecular flexibility index (Phi) is 3.57. The van der Waals surface area contributed by atoms with E-state index >= 15 is 0 Å². The molecule has 2 amide bonds. The van der Waals surface area contributed by atoms with Crippen molar-refractivity contribution in [1.82, 2.24) is 4.98 Å². The fourth-order valence-corrected chi connectivity index (χ4v) is 1.84. The summed E-state index contributed by atoms with van der Waals surface area (Å²) in [5, 5.41) is 2.62. The minimum atomic E-state index is -0.628. The molecule has 1 fully saturated rings. The van der Waals surface area contributed by atoms with Gasteiger partial charge in [0.15, 0.2) is 0 Å². The highest BCUT2D eigenvalue weighted by atomic mass is 16.5. The van der Waals surface area contributed by atoms with Gasteiger partial charge >= 0.3 is 0 Å². The molecule has 6 heteroatoms. The highest BCUT2D eigenvalue weighted by Crippen LogP contribution is 2.20. The molecule has 0 aliphatic carbocycles. The smallest absolute Gasteiger partial charge is 0.267 e. The third kappa shape index (κ3) is 2.84. The summed E-state index contributed by atoms with van der Waals surface area (Å²) in [4.78, 5) is 26.8. The number of carbonyl (C=O) groups is 2. The van der Waals surface area contributed by atoms with Gasteiger partial charge in [-0.15, -0.1) is 0 Å². The number of nitrogens with zero attached hydrogens (tertiary/aromatic N) is 1. The molecule has 1 saturated heterocycles. The van der Waals surface area contributed by atoms with Crippen LogP contribution in [-0.4, -0.2) is 29.0 Å². The number of nitrogens with two attached hydrogens (primary N) is 1. The van der Waals surface area contributed by atoms with E-state index in [-0.39, 0.29) is 17.7 Å². The minimum Gasteiger partial charge on any atom is -0.365 e. The van der Waals surface area contributed by atoms with Crippen molar-refractivity contribution in [3.8, 4) is 0 Å². The van der Waals surface area contributed by atoms with Gasteiger partial charge < -0.3 is 15.8 Å². The molecule has 1 aromatic heterocycles. The SMILES string of the molecule is CC1CCC(C(=O)Nc2cccc(C(N)=O)n2)O1. The van der Waals surface area contributed by atoms with Crippen LogP contribution in [0.4, 0.5) is 5.82 Å². The normalized spacial score (nSPS) is 22.7. The molecule has 1 aliphatic rings. The third-order valence-electron chi connectivity index (χ3n) is 2.78. The van der Waals surface area contributed by atoms with E-state index in [0.29, 0.717) is 12.2 Å². The molecule has 0 radical (unpaired) electrons. The third-order valence-corrected chi connectivity index (χ3v) is 2.78. The average molecular weight is 249 g/mol. The van der Waals surface area contributed by atoms with Gasteiger partial charge in [-0.05, 0) is 31.9 Å². The van der Waals surface area contributed by atoms with Crippen LogP contribution in [0.2, 0.25) is 0 Å². The number of hydrogen-bond acceptors (Lipinski definition) is 4. The summed E-state index contributed by atoms with van der Waals surface area (Å²) < 4.78 is 5.44. The van der Waals surface area contributed by atoms with Gasteiger partial charge in [0.1, 0.15) is 17.6 Å². The molecule has 1 aromatic rings. The van der Waals surface area contributed by atoms with Crippen molar-refractivity contribution in [3.63, 3.8) is 0 Å². The molecule has 96 valence electrons. The van der Waals surface area contributed by atoms with E-state index in [0.717, 1.165) is 6.42 Å². The van der Waals surface area contributed by atoms with Crippen LogP contribution in [0.1, 0.15) is 30.3 Å². The first kappa shape index (κ1) is 12.5. The predicted octanol–water partition coefficient (Wildman–Crippen LogP) is 0.687. The van der Waals surface area contributed by atoms with E-state index in [9.17, 15) is 9.59 Å². The lowest BCUT2D eigenvalue weighted by Crippen LogP contribution is -2.28. The topological polar surface area (TPSA) is 94.3 Å². The minimum absolute atomic E-state index is 0.102. The van der Waals surface area contributed by atoms with Crippen LogP contribution in [0.25, 0.3) is 0 Å². The molecule has 1 aliphatic heterocycles. The first-order chi connectivity index (χ1) is 8.56. The van der Waals surface area contributed by atoms with Crippen molar-refractivity contribution in [2.75, 3.05) is 5.32 Å². The zero-order chi connectivity index (χ0) is 13.1. The molecule has 2 atom stereocenters. The Morgan fingerprint density at radius 3 is 2.83 bits per heavy atom. The second-order valence-corrected chi connectivity index (χ2v) is 4.27. The van der Waals surface area contributed by atoms with Crippen molar-refractivity contribution < 1.29 is 14.3 Å². The number of amides is 2. The molecule has 2 rings (SSSR count). The Bertz CT molecular complexity index is 475. The van der Waals surface area contributed by atoms with E-state index in [1.54, 1.807) is 12.1 Å². The van der Waals surface area contributed by atoms with E-state index in [1.165, 1.54) is 6.07 Å². The molecule has 0 bridgehead atoms. The molecule has 3 N–H and O–H groups in total. The molecule has 0 saturated carbocycles. The lowest BCUT2D eigenvalue weighted by Gasteiger charge is -2.11. The van der Waals surface area contributed by atoms with E-state index < -0.39 is 12.0 Å². The quantitative estimate of drug-likeness (QED) is 0.823. The summed E-state index contributed by atoms with van der Waals surface area (Å²) >= 11 is 0. The molecular weight excluding hydrogens is 234 g/mol. The number of nitrogens with one attached hydrogen (secondary N) is 1. The van der Waals surface area contributed by atoms with Gasteiger partial charge in [0.05, 0.1) is 6.10 Å². The van der Waals surface area contributed by atoms with Gasteiger partial charge in [-0.25, -0.2) is 4.98 Å². The van der Waals surface area contributed by atoms with Crippen molar-refractivity contribution in [2.24, 2.45) is 5.73 Å². The lowest BCUT2D eigenvalue weighted by atomic mass is 10.2. The van der Waals surface area contributed by atoms with Crippen LogP contribution in [0.3, 0.4) is 0 Å². The first-order valence-electron chi connectivity index (χ1n) is 5.79. The van der Waals surface area contributed by atoms with Crippen molar-refractivity contribution in [1.29, 1.82) is 0 Å². The zero-order valence-corrected chi connectivity index (χ0v) is 10.1. The van der Waals surface area contributed by atoms with Crippen LogP contribution < -0.4 is 11.1 Å². The maximum Gasteiger partial charge on any atom is 0.267 e. The van der Waals surface area contributed by atoms with Gasteiger partial charge in [-0.1, -0.05) is 6.07 Å². The van der Waals surface area contributed by atoms with Crippen molar-refractivity contribution in [2.45, 2.75) is 32.0 Å². The van der Waals surface area contributed by atoms with E-state index in [4.69, 9.17) is 10.5 Å². The number of anilines is 1. The van der Waals surface area contributed by atoms with Gasteiger partial charge in [0.25, 0.3) is 11.8 Å². The monoisotopic (exact) mass is 249 g/mol. The zero-order valence-electron chi connectivity index (χ0n) is 10.1. The maximum absolute atomic E-state index is 11.8. The number of pyridine rings is 1. The number of rotatable bonds is 3. The van der Waals surface area contributed by atoms with Crippen molar-refractivity contribution >= 4 is 17.6 Å². The summed E-state index contributed by atoms with van der Waals surface area (Å²) in [7, 11) is 0. The van der Waals surface area contributed by atoms with Crippen molar-refractivity contribution in [3.05, 3.63) is 23.9 Å². The predicted molar refractivity (Wildman–Crippen MR) is 65.0 cm³/mol. The Morgan fingerprint density at radius 2 is 2.22 bits per heavy atom. The molecule has 0 spiro atoms. The van der Waals surface area contributed by atoms with Crippen LogP contribution in [-0.2, 0) is 9.53 Å². The molecule has 2 unspecified atom stereocenters. The van der Waals surface area contributed by atoms with E-state index in [2.05, 4.69) is 10.3 Å². The summed E-state index contributed by atoms with van der Waals surface area (Å²) in [6.45, 7) is 1.93. The van der Waals surface area contributed by atoms with Gasteiger partial charge in [0.2, 0.25) is 0 Å². The summed E-state index contributed by atoms with van der Waals surface area (Å²) in [5.41, 5.74) is 5.23. The molecule has 2 heterocycles. The molecule has 18 heavy (non-hydrogen) atoms. The summed E-state index contributed by atoms with van der Waals surface area (Å²) in [6, 6.07) is 4.70. The molecule has 0 aromatic carbocycles. The first-order valence-corrected chi connectivity index (χ1v) is 5.79. The van der Waals surface area contributed by atoms with Gasteiger partial charge in [-0.2, -0.15) is 0 Å². The standard InChI is InChI=1S/C12H15N3O3/c1-7-5-6-9(18-7)12(17)15-10-4-2-3-8(14-10)11(13)16/h2-4,7,9H,5-6H2,1H3,(H2,13,16)(H,14,15,17). The Morgan fingerprint density at radius 1 is 1.44 bits per heavy atom. The second-order valence-electron chi connectivity index (χ2n) is 4.27. The van der Waals surface area contributed by atoms with Crippen LogP contribution in [0.15, 0.2) is 18.2 Å². The Hall–Kier alpha value is -1.95. The van der Waals surface area contributed by atoms with Gasteiger partial charge in [-0.3, -0.25) is 9.59 Å². The number of aromatic nitrogens is 1. The maximum atomic E-state index is 11.8. The van der Waals surface area contributed by atoms with Gasteiger partial charge in [0, 0.05) is 0 Å². The highest BCUT2D eigenvalue weighted by molar-refractivity contribution is 5.95. The van der Waals surface area contributed by atoms with Crippen LogP contribution in [0.5, 0.6) is 0 Å². The number of primary amides is 1. The second kappa shape index (κ2) is 5.14. The fourth-order valence-electron chi connectivity index (χ4n) is 1.84. The van der Waals surface area contributed by atoms with E-state index in [1.807, 2.05) is 6.92 Å². The Labute approximate surface area is 105 Å². The molecule has 6 nitrogen and oxygen atoms in total. The summed E-state index contributed by atoms with van der Waals surface area (Å²) in [5.74, 6) is -0.565. The number of hydrogen-bond donors (Lipinski definition) is 2.